The summed E-state index contributed by atoms with van der Waals surface area (Å²) in [6, 6.07) is 0. The third kappa shape index (κ3) is 3.64. The second-order valence-electron chi connectivity index (χ2n) is 4.85. The molecule has 0 aromatic heterocycles. The van der Waals surface area contributed by atoms with Crippen LogP contribution in [0.4, 0.5) is 0 Å². The van der Waals surface area contributed by atoms with Crippen molar-refractivity contribution in [3.05, 3.63) is 12.2 Å². The number of carbonyl (C=O) groups is 1. The number of nitrogens with two attached hydrogens (primary N) is 1. The van der Waals surface area contributed by atoms with E-state index in [0.29, 0.717) is 18.6 Å². The summed E-state index contributed by atoms with van der Waals surface area (Å²) in [5.74, 6) is 4.79. The molecule has 86 valence electrons. The molecular weight excluding hydrogens is 194 g/mol. The van der Waals surface area contributed by atoms with E-state index in [-0.39, 0.29) is 17.5 Å². The fourth-order valence-corrected chi connectivity index (χ4v) is 1.65. The highest BCUT2D eigenvalue weighted by Crippen LogP contribution is 2.28. The van der Waals surface area contributed by atoms with Gasteiger partial charge in [0.25, 0.3) is 0 Å². The Hall–Kier alpha value is -0.870. The highest BCUT2D eigenvalue weighted by atomic mass is 16.6. The largest absolute Gasteiger partial charge is 0.459 e. The van der Waals surface area contributed by atoms with E-state index in [1.807, 2.05) is 0 Å². The average molecular weight is 213 g/mol. The molecule has 1 heterocycles. The highest BCUT2D eigenvalue weighted by molar-refractivity contribution is 5.89. The van der Waals surface area contributed by atoms with Crippen molar-refractivity contribution in [3.8, 4) is 0 Å². The maximum Gasteiger partial charge on any atom is 0.333 e. The molecule has 2 N–H and O–H groups in total. The molecule has 0 aliphatic carbocycles. The lowest BCUT2D eigenvalue weighted by atomic mass is 9.87. The maximum absolute atomic E-state index is 11.1. The first-order valence-corrected chi connectivity index (χ1v) is 5.15. The molecule has 1 saturated heterocycles. The standard InChI is InChI=1S/C11H19NO3/c1-8-6-9(15-10(8)13)4-5-11(2,3)7-14-12/h9H,1,4-7,12H2,2-3H3. The van der Waals surface area contributed by atoms with Crippen LogP contribution in [-0.2, 0) is 14.4 Å². The SMILES string of the molecule is C=C1CC(CCC(C)(C)CON)OC1=O. The zero-order valence-corrected chi connectivity index (χ0v) is 9.41. The van der Waals surface area contributed by atoms with Gasteiger partial charge in [-0.1, -0.05) is 20.4 Å². The predicted molar refractivity (Wildman–Crippen MR) is 56.8 cm³/mol. The van der Waals surface area contributed by atoms with Gasteiger partial charge >= 0.3 is 5.97 Å². The molecule has 0 saturated carbocycles. The third-order valence-electron chi connectivity index (χ3n) is 2.65. The summed E-state index contributed by atoms with van der Waals surface area (Å²) >= 11 is 0. The van der Waals surface area contributed by atoms with Crippen LogP contribution in [0.25, 0.3) is 0 Å². The molecule has 4 heteroatoms. The zero-order valence-electron chi connectivity index (χ0n) is 9.41. The lowest BCUT2D eigenvalue weighted by Crippen LogP contribution is -2.23. The molecule has 0 spiro atoms. The van der Waals surface area contributed by atoms with Crippen molar-refractivity contribution < 1.29 is 14.4 Å². The lowest BCUT2D eigenvalue weighted by molar-refractivity contribution is -0.139. The maximum atomic E-state index is 11.1. The van der Waals surface area contributed by atoms with Gasteiger partial charge in [-0.3, -0.25) is 0 Å². The second kappa shape index (κ2) is 4.77. The van der Waals surface area contributed by atoms with E-state index < -0.39 is 0 Å². The first-order valence-electron chi connectivity index (χ1n) is 5.15. The van der Waals surface area contributed by atoms with Gasteiger partial charge in [0.1, 0.15) is 6.10 Å². The van der Waals surface area contributed by atoms with Gasteiger partial charge in [-0.2, -0.15) is 0 Å². The van der Waals surface area contributed by atoms with Crippen LogP contribution in [0.1, 0.15) is 33.1 Å². The van der Waals surface area contributed by atoms with Crippen molar-refractivity contribution in [2.45, 2.75) is 39.2 Å². The second-order valence-corrected chi connectivity index (χ2v) is 4.85. The van der Waals surface area contributed by atoms with E-state index >= 15 is 0 Å². The van der Waals surface area contributed by atoms with Crippen LogP contribution >= 0.6 is 0 Å². The minimum Gasteiger partial charge on any atom is -0.459 e. The molecule has 1 unspecified atom stereocenters. The third-order valence-corrected chi connectivity index (χ3v) is 2.65. The van der Waals surface area contributed by atoms with Gasteiger partial charge in [-0.25, -0.2) is 10.7 Å². The Kier molecular flexibility index (Phi) is 3.88. The fourth-order valence-electron chi connectivity index (χ4n) is 1.65. The zero-order chi connectivity index (χ0) is 11.5. The normalized spacial score (nSPS) is 21.9. The molecule has 0 aromatic rings. The van der Waals surface area contributed by atoms with Crippen LogP contribution in [0.15, 0.2) is 12.2 Å². The Morgan fingerprint density at radius 2 is 2.33 bits per heavy atom. The summed E-state index contributed by atoms with van der Waals surface area (Å²) in [6.07, 6.45) is 2.39. The van der Waals surface area contributed by atoms with Crippen LogP contribution in [0.2, 0.25) is 0 Å². The van der Waals surface area contributed by atoms with Gasteiger partial charge in [0.05, 0.1) is 6.61 Å². The summed E-state index contributed by atoms with van der Waals surface area (Å²) in [6.45, 7) is 8.31. The van der Waals surface area contributed by atoms with Crippen LogP contribution in [0.5, 0.6) is 0 Å². The quantitative estimate of drug-likeness (QED) is 0.427. The Bertz CT molecular complexity index is 245. The van der Waals surface area contributed by atoms with Crippen molar-refractivity contribution in [2.24, 2.45) is 11.3 Å². The summed E-state index contributed by atoms with van der Waals surface area (Å²) in [5.41, 5.74) is 0.596. The van der Waals surface area contributed by atoms with Crippen molar-refractivity contribution in [3.63, 3.8) is 0 Å². The number of esters is 1. The van der Waals surface area contributed by atoms with Gasteiger partial charge < -0.3 is 9.57 Å². The Morgan fingerprint density at radius 1 is 1.67 bits per heavy atom. The Morgan fingerprint density at radius 3 is 2.80 bits per heavy atom. The van der Waals surface area contributed by atoms with Crippen LogP contribution in [0.3, 0.4) is 0 Å². The molecule has 0 amide bonds. The van der Waals surface area contributed by atoms with Crippen molar-refractivity contribution in [1.29, 1.82) is 0 Å². The topological polar surface area (TPSA) is 61.6 Å². The van der Waals surface area contributed by atoms with E-state index in [0.717, 1.165) is 12.8 Å². The molecule has 1 aliphatic rings. The molecule has 0 bridgehead atoms. The first kappa shape index (κ1) is 12.2. The van der Waals surface area contributed by atoms with Gasteiger partial charge in [0.15, 0.2) is 0 Å². The first-order chi connectivity index (χ1) is 6.94. The Labute approximate surface area is 90.4 Å². The number of ether oxygens (including phenoxy) is 1. The molecule has 15 heavy (non-hydrogen) atoms. The van der Waals surface area contributed by atoms with E-state index in [1.165, 1.54) is 0 Å². The fraction of sp³-hybridized carbons (Fsp3) is 0.727. The number of carbonyl (C=O) groups excluding carboxylic acids is 1. The van der Waals surface area contributed by atoms with E-state index in [1.54, 1.807) is 0 Å². The molecule has 0 radical (unpaired) electrons. The van der Waals surface area contributed by atoms with Crippen LogP contribution < -0.4 is 5.90 Å². The molecule has 1 aliphatic heterocycles. The number of hydrogen-bond donors (Lipinski definition) is 1. The molecule has 1 atom stereocenters. The van der Waals surface area contributed by atoms with E-state index in [2.05, 4.69) is 25.3 Å². The van der Waals surface area contributed by atoms with Crippen molar-refractivity contribution in [1.82, 2.24) is 0 Å². The summed E-state index contributed by atoms with van der Waals surface area (Å²) < 4.78 is 5.14. The minimum absolute atomic E-state index is 0.0120. The number of hydrogen-bond acceptors (Lipinski definition) is 4. The van der Waals surface area contributed by atoms with E-state index in [9.17, 15) is 4.79 Å². The highest BCUT2D eigenvalue weighted by Gasteiger charge is 2.29. The predicted octanol–water partition coefficient (Wildman–Crippen LogP) is 1.55. The summed E-state index contributed by atoms with van der Waals surface area (Å²) in [7, 11) is 0. The molecular formula is C11H19NO3. The minimum atomic E-state index is -0.257. The average Bonchev–Trinajstić information content (AvgIpc) is 2.44. The summed E-state index contributed by atoms with van der Waals surface area (Å²) in [5, 5.41) is 0. The lowest BCUT2D eigenvalue weighted by Gasteiger charge is -2.24. The van der Waals surface area contributed by atoms with Crippen LogP contribution in [0, 0.1) is 5.41 Å². The monoisotopic (exact) mass is 213 g/mol. The molecule has 0 aromatic carbocycles. The van der Waals surface area contributed by atoms with Gasteiger partial charge in [-0.15, -0.1) is 0 Å². The number of rotatable bonds is 5. The molecule has 4 nitrogen and oxygen atoms in total. The molecule has 1 rings (SSSR count). The number of cyclic esters (lactones) is 1. The van der Waals surface area contributed by atoms with Gasteiger partial charge in [0, 0.05) is 12.0 Å². The summed E-state index contributed by atoms with van der Waals surface area (Å²) in [4.78, 5) is 15.7. The van der Waals surface area contributed by atoms with Gasteiger partial charge in [0.2, 0.25) is 0 Å². The smallest absolute Gasteiger partial charge is 0.333 e. The molecule has 1 fully saturated rings. The van der Waals surface area contributed by atoms with Crippen molar-refractivity contribution >= 4 is 5.97 Å². The van der Waals surface area contributed by atoms with Crippen molar-refractivity contribution in [2.75, 3.05) is 6.61 Å². The van der Waals surface area contributed by atoms with Gasteiger partial charge in [-0.05, 0) is 18.3 Å². The van der Waals surface area contributed by atoms with Crippen LogP contribution in [-0.4, -0.2) is 18.7 Å². The van der Waals surface area contributed by atoms with E-state index in [4.69, 9.17) is 10.6 Å². The Balaban J connectivity index is 2.32.